The molecule has 0 aliphatic carbocycles. The van der Waals surface area contributed by atoms with Gasteiger partial charge < -0.3 is 20.1 Å². The topological polar surface area (TPSA) is 117 Å². The first-order chi connectivity index (χ1) is 18.2. The molecule has 10 nitrogen and oxygen atoms in total. The Morgan fingerprint density at radius 1 is 1.05 bits per heavy atom. The van der Waals surface area contributed by atoms with Crippen LogP contribution in [0.15, 0.2) is 42.5 Å². The molecule has 0 radical (unpaired) electrons. The molecule has 2 aliphatic rings. The Morgan fingerprint density at radius 2 is 1.68 bits per heavy atom. The van der Waals surface area contributed by atoms with E-state index in [1.807, 2.05) is 17.9 Å². The fraction of sp³-hybridized carbons (Fsp3) is 0.407. The molecular formula is C27H34N4O6S. The molecular weight excluding hydrogens is 508 g/mol. The van der Waals surface area contributed by atoms with Crippen molar-refractivity contribution in [3.63, 3.8) is 0 Å². The van der Waals surface area contributed by atoms with Crippen molar-refractivity contribution in [3.05, 3.63) is 48.0 Å². The number of nitrogens with zero attached hydrogens (tertiary/aromatic N) is 2. The molecule has 0 saturated carbocycles. The number of benzene rings is 2. The maximum atomic E-state index is 12.7. The van der Waals surface area contributed by atoms with Crippen LogP contribution in [0.25, 0.3) is 5.57 Å². The zero-order valence-electron chi connectivity index (χ0n) is 22.1. The molecule has 11 heteroatoms. The van der Waals surface area contributed by atoms with Gasteiger partial charge in [0.2, 0.25) is 10.0 Å². The number of ether oxygens (including phenoxy) is 2. The molecule has 204 valence electrons. The summed E-state index contributed by atoms with van der Waals surface area (Å²) in [7, 11) is -0.628. The van der Waals surface area contributed by atoms with Crippen molar-refractivity contribution in [2.24, 2.45) is 0 Å². The van der Waals surface area contributed by atoms with Gasteiger partial charge in [-0.1, -0.05) is 6.42 Å². The second-order valence-corrected chi connectivity index (χ2v) is 11.3. The van der Waals surface area contributed by atoms with Crippen molar-refractivity contribution in [2.75, 3.05) is 48.5 Å². The molecule has 2 aromatic rings. The van der Waals surface area contributed by atoms with Crippen LogP contribution in [0.5, 0.6) is 11.5 Å². The van der Waals surface area contributed by atoms with E-state index in [-0.39, 0.29) is 11.9 Å². The lowest BCUT2D eigenvalue weighted by atomic mass is 10.0. The van der Waals surface area contributed by atoms with E-state index in [1.165, 1.54) is 11.4 Å². The van der Waals surface area contributed by atoms with Gasteiger partial charge in [0.25, 0.3) is 5.91 Å². The van der Waals surface area contributed by atoms with Gasteiger partial charge in [-0.25, -0.2) is 12.7 Å². The van der Waals surface area contributed by atoms with E-state index in [4.69, 9.17) is 9.47 Å². The van der Waals surface area contributed by atoms with E-state index in [1.54, 1.807) is 43.5 Å². The molecule has 38 heavy (non-hydrogen) atoms. The summed E-state index contributed by atoms with van der Waals surface area (Å²) < 4.78 is 37.3. The van der Waals surface area contributed by atoms with E-state index in [0.29, 0.717) is 47.8 Å². The van der Waals surface area contributed by atoms with Crippen molar-refractivity contribution in [1.82, 2.24) is 4.90 Å². The minimum absolute atomic E-state index is 0.222. The fourth-order valence-corrected chi connectivity index (χ4v) is 6.03. The van der Waals surface area contributed by atoms with Crippen molar-refractivity contribution in [2.45, 2.75) is 38.4 Å². The first-order valence-electron chi connectivity index (χ1n) is 12.5. The molecule has 2 aliphatic heterocycles. The summed E-state index contributed by atoms with van der Waals surface area (Å²) in [6.07, 6.45) is 5.68. The van der Waals surface area contributed by atoms with Gasteiger partial charge in [-0.05, 0) is 56.2 Å². The third-order valence-corrected chi connectivity index (χ3v) is 7.86. The van der Waals surface area contributed by atoms with Crippen LogP contribution in [0.3, 0.4) is 0 Å². The van der Waals surface area contributed by atoms with Gasteiger partial charge in [-0.15, -0.1) is 0 Å². The Bertz CT molecular complexity index is 1320. The first-order valence-corrected chi connectivity index (χ1v) is 14.4. The van der Waals surface area contributed by atoms with E-state index < -0.39 is 16.2 Å². The molecule has 0 spiro atoms. The normalized spacial score (nSPS) is 18.3. The molecule has 2 atom stereocenters. The average molecular weight is 543 g/mol. The predicted octanol–water partition coefficient (Wildman–Crippen LogP) is 3.32. The van der Waals surface area contributed by atoms with Gasteiger partial charge in [0.1, 0.15) is 0 Å². The highest BCUT2D eigenvalue weighted by atomic mass is 32.2. The number of rotatable bonds is 10. The van der Waals surface area contributed by atoms with Crippen LogP contribution in [-0.2, 0) is 19.6 Å². The molecule has 2 heterocycles. The van der Waals surface area contributed by atoms with E-state index in [0.717, 1.165) is 36.8 Å². The maximum absolute atomic E-state index is 12.7. The summed E-state index contributed by atoms with van der Waals surface area (Å²) in [6, 6.07) is 10.1. The van der Waals surface area contributed by atoms with Crippen LogP contribution in [0.4, 0.5) is 17.1 Å². The number of sulfonamides is 1. The summed E-state index contributed by atoms with van der Waals surface area (Å²) in [5, 5.41) is 6.18. The predicted molar refractivity (Wildman–Crippen MR) is 148 cm³/mol. The van der Waals surface area contributed by atoms with Crippen molar-refractivity contribution >= 4 is 44.9 Å². The number of aldehydes is 1. The van der Waals surface area contributed by atoms with Crippen LogP contribution >= 0.6 is 0 Å². The molecule has 2 unspecified atom stereocenters. The van der Waals surface area contributed by atoms with Gasteiger partial charge >= 0.3 is 0 Å². The minimum Gasteiger partial charge on any atom is -0.493 e. The van der Waals surface area contributed by atoms with Gasteiger partial charge in [0.15, 0.2) is 24.0 Å². The zero-order valence-corrected chi connectivity index (χ0v) is 22.9. The molecule has 0 aromatic heterocycles. The van der Waals surface area contributed by atoms with Crippen molar-refractivity contribution in [1.29, 1.82) is 0 Å². The van der Waals surface area contributed by atoms with E-state index >= 15 is 0 Å². The molecule has 1 saturated heterocycles. The summed E-state index contributed by atoms with van der Waals surface area (Å²) in [5.41, 5.74) is 3.03. The number of carbonyl (C=O) groups is 2. The summed E-state index contributed by atoms with van der Waals surface area (Å²) in [4.78, 5) is 26.6. The molecule has 0 bridgehead atoms. The monoisotopic (exact) mass is 542 g/mol. The van der Waals surface area contributed by atoms with Crippen molar-refractivity contribution < 1.29 is 27.5 Å². The third kappa shape index (κ3) is 5.78. The van der Waals surface area contributed by atoms with Gasteiger partial charge in [0.05, 0.1) is 31.9 Å². The van der Waals surface area contributed by atoms with Gasteiger partial charge in [0, 0.05) is 42.0 Å². The molecule has 2 aromatic carbocycles. The zero-order chi connectivity index (χ0) is 27.4. The largest absolute Gasteiger partial charge is 0.493 e. The SMILES string of the molecule is COc1cc2c(cc1OC)C(=CC(C)Nc1ccc(N(C(C=O)N3CCCCC3)S(C)(=O)=O)cc1)C(=O)N2. The van der Waals surface area contributed by atoms with Gasteiger partial charge in [-0.2, -0.15) is 0 Å². The molecule has 2 N–H and O–H groups in total. The second-order valence-electron chi connectivity index (χ2n) is 9.47. The lowest BCUT2D eigenvalue weighted by Gasteiger charge is -2.38. The lowest BCUT2D eigenvalue weighted by molar-refractivity contribution is -0.112. The summed E-state index contributed by atoms with van der Waals surface area (Å²) >= 11 is 0. The van der Waals surface area contributed by atoms with Crippen LogP contribution in [-0.4, -0.2) is 71.3 Å². The number of methoxy groups -OCH3 is 2. The van der Waals surface area contributed by atoms with Crippen LogP contribution < -0.4 is 24.4 Å². The highest BCUT2D eigenvalue weighted by molar-refractivity contribution is 7.92. The molecule has 1 fully saturated rings. The molecule has 1 amide bonds. The Morgan fingerprint density at radius 3 is 2.26 bits per heavy atom. The number of anilines is 3. The van der Waals surface area contributed by atoms with E-state index in [9.17, 15) is 18.0 Å². The van der Waals surface area contributed by atoms with Crippen LogP contribution in [0, 0.1) is 0 Å². The van der Waals surface area contributed by atoms with Crippen LogP contribution in [0.2, 0.25) is 0 Å². The average Bonchev–Trinajstić information content (AvgIpc) is 3.20. The number of piperidine rings is 1. The fourth-order valence-electron chi connectivity index (χ4n) is 4.95. The molecule has 4 rings (SSSR count). The number of fused-ring (bicyclic) bond motifs is 1. The van der Waals surface area contributed by atoms with Crippen molar-refractivity contribution in [3.8, 4) is 11.5 Å². The third-order valence-electron chi connectivity index (χ3n) is 6.72. The number of carbonyl (C=O) groups excluding carboxylic acids is 2. The van der Waals surface area contributed by atoms with Gasteiger partial charge in [-0.3, -0.25) is 14.5 Å². The number of amides is 1. The lowest BCUT2D eigenvalue weighted by Crippen LogP contribution is -2.53. The number of hydrogen-bond acceptors (Lipinski definition) is 8. The number of likely N-dealkylation sites (tertiary alicyclic amines) is 1. The Kier molecular flexibility index (Phi) is 8.27. The number of hydrogen-bond donors (Lipinski definition) is 2. The Hall–Kier alpha value is -3.57. The highest BCUT2D eigenvalue weighted by Gasteiger charge is 2.32. The standard InChI is InChI=1S/C27H34N4O6S/c1-18(14-22-21-15-24(36-2)25(37-3)16-23(21)29-27(22)33)28-19-8-10-20(11-9-19)31(38(4,34)35)26(17-32)30-12-6-5-7-13-30/h8-11,14-18,26,28H,5-7,12-13H2,1-4H3,(H,29,33). The van der Waals surface area contributed by atoms with Crippen LogP contribution in [0.1, 0.15) is 31.7 Å². The van der Waals surface area contributed by atoms with E-state index in [2.05, 4.69) is 10.6 Å². The second kappa shape index (κ2) is 11.4. The quantitative estimate of drug-likeness (QED) is 0.347. The Balaban J connectivity index is 1.54. The summed E-state index contributed by atoms with van der Waals surface area (Å²) in [5.74, 6) is 0.832. The summed E-state index contributed by atoms with van der Waals surface area (Å²) in [6.45, 7) is 3.27. The maximum Gasteiger partial charge on any atom is 0.256 e. The number of nitrogens with one attached hydrogen (secondary N) is 2. The minimum atomic E-state index is -3.71. The Labute approximate surface area is 223 Å². The first kappa shape index (κ1) is 27.5. The highest BCUT2D eigenvalue weighted by Crippen LogP contribution is 2.40. The smallest absolute Gasteiger partial charge is 0.256 e.